The number of pyridine rings is 1. The molecule has 0 bridgehead atoms. The Balaban J connectivity index is 1.32. The van der Waals surface area contributed by atoms with Crippen LogP contribution in [0.5, 0.6) is 5.88 Å². The Bertz CT molecular complexity index is 1120. The van der Waals surface area contributed by atoms with Crippen LogP contribution < -0.4 is 20.3 Å². The number of carbonyl (C=O) groups excluding carboxylic acids is 2. The number of aromatic nitrogens is 3. The second kappa shape index (κ2) is 8.63. The molecule has 31 heavy (non-hydrogen) atoms. The zero-order valence-corrected chi connectivity index (χ0v) is 17.9. The van der Waals surface area contributed by atoms with E-state index < -0.39 is 0 Å². The average Bonchev–Trinajstić information content (AvgIpc) is 3.07. The fraction of sp³-hybridized carbons (Fsp3) is 0.364. The third kappa shape index (κ3) is 4.60. The van der Waals surface area contributed by atoms with E-state index in [9.17, 15) is 9.59 Å². The normalized spacial score (nSPS) is 13.9. The molecule has 0 spiro atoms. The van der Waals surface area contributed by atoms with Crippen molar-refractivity contribution in [3.8, 4) is 5.88 Å². The van der Waals surface area contributed by atoms with Crippen molar-refractivity contribution in [2.24, 2.45) is 7.05 Å². The molecule has 2 aromatic heterocycles. The second-order valence-electron chi connectivity index (χ2n) is 7.71. The molecule has 9 heteroatoms. The minimum absolute atomic E-state index is 0.0318. The predicted octanol–water partition coefficient (Wildman–Crippen LogP) is 1.22. The van der Waals surface area contributed by atoms with Crippen molar-refractivity contribution >= 4 is 28.5 Å². The van der Waals surface area contributed by atoms with Crippen LogP contribution in [0, 0.1) is 13.8 Å². The topological polar surface area (TPSA) is 101 Å². The molecule has 2 amide bonds. The molecular weight excluding hydrogens is 396 g/mol. The first-order valence-electron chi connectivity index (χ1n) is 10.2. The van der Waals surface area contributed by atoms with Gasteiger partial charge in [0.05, 0.1) is 11.9 Å². The number of amides is 2. The molecule has 1 saturated heterocycles. The number of rotatable bonds is 6. The highest BCUT2D eigenvalue weighted by molar-refractivity contribution is 5.86. The molecule has 1 aliphatic rings. The first-order chi connectivity index (χ1) is 14.9. The van der Waals surface area contributed by atoms with E-state index in [1.807, 2.05) is 49.1 Å². The van der Waals surface area contributed by atoms with Gasteiger partial charge in [-0.1, -0.05) is 12.1 Å². The summed E-state index contributed by atoms with van der Waals surface area (Å²) in [6.45, 7) is 5.98. The van der Waals surface area contributed by atoms with E-state index in [0.29, 0.717) is 25.5 Å². The molecule has 9 nitrogen and oxygen atoms in total. The predicted molar refractivity (Wildman–Crippen MR) is 117 cm³/mol. The van der Waals surface area contributed by atoms with Gasteiger partial charge < -0.3 is 20.3 Å². The molecule has 0 aliphatic carbocycles. The first kappa shape index (κ1) is 20.6. The van der Waals surface area contributed by atoms with Crippen LogP contribution in [0.2, 0.25) is 0 Å². The number of aryl methyl sites for hydroxylation is 3. The fourth-order valence-corrected chi connectivity index (χ4v) is 3.72. The Morgan fingerprint density at radius 1 is 1.26 bits per heavy atom. The number of fused-ring (bicyclic) bond motifs is 1. The summed E-state index contributed by atoms with van der Waals surface area (Å²) in [7, 11) is 1.81. The first-order valence-corrected chi connectivity index (χ1v) is 10.2. The van der Waals surface area contributed by atoms with Crippen LogP contribution in [-0.4, -0.2) is 52.8 Å². The van der Waals surface area contributed by atoms with E-state index in [1.54, 1.807) is 11.7 Å². The SMILES string of the molecule is Cc1cc(C)c2c(OCC(=O)NCc3ccc(N4CCNC(=O)C4)cc3)nn(C)c2n1. The smallest absolute Gasteiger partial charge is 0.258 e. The maximum atomic E-state index is 12.3. The maximum absolute atomic E-state index is 12.3. The summed E-state index contributed by atoms with van der Waals surface area (Å²) in [5.41, 5.74) is 4.62. The van der Waals surface area contributed by atoms with Gasteiger partial charge in [0.15, 0.2) is 12.3 Å². The van der Waals surface area contributed by atoms with E-state index in [2.05, 4.69) is 20.7 Å². The van der Waals surface area contributed by atoms with Crippen molar-refractivity contribution in [3.05, 3.63) is 47.2 Å². The molecule has 4 rings (SSSR count). The minimum Gasteiger partial charge on any atom is -0.466 e. The fourth-order valence-electron chi connectivity index (χ4n) is 3.72. The quantitative estimate of drug-likeness (QED) is 0.619. The molecule has 1 aromatic carbocycles. The Labute approximate surface area is 180 Å². The molecule has 2 N–H and O–H groups in total. The van der Waals surface area contributed by atoms with Gasteiger partial charge in [-0.15, -0.1) is 5.10 Å². The van der Waals surface area contributed by atoms with Crippen molar-refractivity contribution in [3.63, 3.8) is 0 Å². The molecule has 0 atom stereocenters. The van der Waals surface area contributed by atoms with Crippen molar-refractivity contribution in [1.82, 2.24) is 25.4 Å². The Kier molecular flexibility index (Phi) is 5.75. The number of ether oxygens (including phenoxy) is 1. The van der Waals surface area contributed by atoms with Crippen LogP contribution in [-0.2, 0) is 23.2 Å². The maximum Gasteiger partial charge on any atom is 0.258 e. The highest BCUT2D eigenvalue weighted by Crippen LogP contribution is 2.27. The summed E-state index contributed by atoms with van der Waals surface area (Å²) < 4.78 is 7.35. The highest BCUT2D eigenvalue weighted by Gasteiger charge is 2.17. The lowest BCUT2D eigenvalue weighted by Gasteiger charge is -2.28. The molecular formula is C22H26N6O3. The van der Waals surface area contributed by atoms with Gasteiger partial charge in [0.2, 0.25) is 11.8 Å². The zero-order valence-electron chi connectivity index (χ0n) is 17.9. The lowest BCUT2D eigenvalue weighted by molar-refractivity contribution is -0.123. The third-order valence-corrected chi connectivity index (χ3v) is 5.26. The lowest BCUT2D eigenvalue weighted by atomic mass is 10.2. The molecule has 1 fully saturated rings. The van der Waals surface area contributed by atoms with Crippen molar-refractivity contribution in [2.75, 3.05) is 31.1 Å². The van der Waals surface area contributed by atoms with Crippen molar-refractivity contribution < 1.29 is 14.3 Å². The van der Waals surface area contributed by atoms with Gasteiger partial charge in [0.1, 0.15) is 0 Å². The van der Waals surface area contributed by atoms with E-state index in [1.165, 1.54) is 0 Å². The van der Waals surface area contributed by atoms with E-state index in [4.69, 9.17) is 4.74 Å². The third-order valence-electron chi connectivity index (χ3n) is 5.26. The van der Waals surface area contributed by atoms with E-state index in [-0.39, 0.29) is 18.4 Å². The number of benzene rings is 1. The standard InChI is InChI=1S/C22H26N6O3/c1-14-10-15(2)25-21-20(14)22(26-27(21)3)31-13-19(30)24-11-16-4-6-17(7-5-16)28-9-8-23-18(29)12-28/h4-7,10H,8-9,11-13H2,1-3H3,(H,23,29)(H,24,30). The molecule has 0 saturated carbocycles. The van der Waals surface area contributed by atoms with Gasteiger partial charge in [-0.3, -0.25) is 9.59 Å². The summed E-state index contributed by atoms with van der Waals surface area (Å²) in [5, 5.41) is 10.9. The van der Waals surface area contributed by atoms with Gasteiger partial charge in [0, 0.05) is 38.1 Å². The van der Waals surface area contributed by atoms with Crippen LogP contribution in [0.25, 0.3) is 11.0 Å². The van der Waals surface area contributed by atoms with Crippen LogP contribution in [0.1, 0.15) is 16.8 Å². The summed E-state index contributed by atoms with van der Waals surface area (Å²) in [6.07, 6.45) is 0. The molecule has 3 heterocycles. The molecule has 3 aromatic rings. The second-order valence-corrected chi connectivity index (χ2v) is 7.71. The van der Waals surface area contributed by atoms with Gasteiger partial charge in [-0.05, 0) is 43.2 Å². The molecule has 1 aliphatic heterocycles. The Morgan fingerprint density at radius 2 is 2.03 bits per heavy atom. The summed E-state index contributed by atoms with van der Waals surface area (Å²) >= 11 is 0. The minimum atomic E-state index is -0.228. The summed E-state index contributed by atoms with van der Waals surface area (Å²) in [5.74, 6) is 0.213. The number of nitrogens with zero attached hydrogens (tertiary/aromatic N) is 4. The number of hydrogen-bond donors (Lipinski definition) is 2. The van der Waals surface area contributed by atoms with Crippen molar-refractivity contribution in [1.29, 1.82) is 0 Å². The Hall–Kier alpha value is -3.62. The van der Waals surface area contributed by atoms with Gasteiger partial charge >= 0.3 is 0 Å². The molecule has 0 unspecified atom stereocenters. The highest BCUT2D eigenvalue weighted by atomic mass is 16.5. The number of hydrogen-bond acceptors (Lipinski definition) is 6. The van der Waals surface area contributed by atoms with E-state index in [0.717, 1.165) is 40.1 Å². The lowest BCUT2D eigenvalue weighted by Crippen LogP contribution is -2.47. The summed E-state index contributed by atoms with van der Waals surface area (Å²) in [6, 6.07) is 9.80. The molecule has 162 valence electrons. The van der Waals surface area contributed by atoms with Gasteiger partial charge in [-0.25, -0.2) is 9.67 Å². The Morgan fingerprint density at radius 3 is 2.77 bits per heavy atom. The number of piperazine rings is 1. The van der Waals surface area contributed by atoms with Crippen LogP contribution >= 0.6 is 0 Å². The van der Waals surface area contributed by atoms with Crippen LogP contribution in [0.3, 0.4) is 0 Å². The average molecular weight is 422 g/mol. The van der Waals surface area contributed by atoms with Gasteiger partial charge in [-0.2, -0.15) is 0 Å². The van der Waals surface area contributed by atoms with Crippen LogP contribution in [0.4, 0.5) is 5.69 Å². The zero-order chi connectivity index (χ0) is 22.0. The monoisotopic (exact) mass is 422 g/mol. The summed E-state index contributed by atoms with van der Waals surface area (Å²) in [4.78, 5) is 30.4. The molecule has 0 radical (unpaired) electrons. The van der Waals surface area contributed by atoms with Crippen molar-refractivity contribution in [2.45, 2.75) is 20.4 Å². The number of carbonyl (C=O) groups is 2. The number of anilines is 1. The van der Waals surface area contributed by atoms with Gasteiger partial charge in [0.25, 0.3) is 5.91 Å². The number of nitrogens with one attached hydrogen (secondary N) is 2. The van der Waals surface area contributed by atoms with Crippen LogP contribution in [0.15, 0.2) is 30.3 Å². The largest absolute Gasteiger partial charge is 0.466 e. The van der Waals surface area contributed by atoms with E-state index >= 15 is 0 Å².